The maximum atomic E-state index is 4.45. The summed E-state index contributed by atoms with van der Waals surface area (Å²) in [7, 11) is 4.32. The second-order valence-corrected chi connectivity index (χ2v) is 5.12. The second-order valence-electron chi connectivity index (χ2n) is 5.12. The Morgan fingerprint density at radius 3 is 2.78 bits per heavy atom. The Bertz CT molecular complexity index is 525. The summed E-state index contributed by atoms with van der Waals surface area (Å²) in [5.74, 6) is 1.07. The van der Waals surface area contributed by atoms with Gasteiger partial charge in [-0.15, -0.1) is 0 Å². The largest absolute Gasteiger partial charge is 0.356 e. The first-order chi connectivity index (χ1) is 8.75. The first kappa shape index (κ1) is 11.5. The number of hydrogen-bond donors (Lipinski definition) is 1. The Labute approximate surface area is 107 Å². The maximum absolute atomic E-state index is 4.45. The van der Waals surface area contributed by atoms with E-state index in [1.54, 1.807) is 6.33 Å². The molecule has 3 heterocycles. The zero-order chi connectivity index (χ0) is 12.5. The minimum absolute atomic E-state index is 0.699. The van der Waals surface area contributed by atoms with Gasteiger partial charge in [0.25, 0.3) is 0 Å². The van der Waals surface area contributed by atoms with E-state index in [1.807, 2.05) is 6.20 Å². The molecule has 0 aliphatic carbocycles. The van der Waals surface area contributed by atoms with Crippen molar-refractivity contribution in [2.45, 2.75) is 18.9 Å². The first-order valence-corrected chi connectivity index (χ1v) is 6.45. The molecule has 0 spiro atoms. The van der Waals surface area contributed by atoms with Crippen LogP contribution in [0.2, 0.25) is 0 Å². The average molecular weight is 245 g/mol. The molecule has 0 bridgehead atoms. The monoisotopic (exact) mass is 245 g/mol. The van der Waals surface area contributed by atoms with Crippen molar-refractivity contribution in [2.24, 2.45) is 0 Å². The molecule has 18 heavy (non-hydrogen) atoms. The lowest BCUT2D eigenvalue weighted by Gasteiger charge is -2.35. The zero-order valence-electron chi connectivity index (χ0n) is 10.9. The lowest BCUT2D eigenvalue weighted by molar-refractivity contribution is 0.249. The van der Waals surface area contributed by atoms with Crippen LogP contribution in [0.5, 0.6) is 0 Å². The van der Waals surface area contributed by atoms with Crippen molar-refractivity contribution in [2.75, 3.05) is 32.1 Å². The molecule has 96 valence electrons. The molecule has 0 aromatic carbocycles. The topological polar surface area (TPSA) is 48.1 Å². The molecule has 1 aliphatic heterocycles. The van der Waals surface area contributed by atoms with Gasteiger partial charge in [0, 0.05) is 25.3 Å². The molecule has 0 saturated carbocycles. The van der Waals surface area contributed by atoms with Gasteiger partial charge < -0.3 is 14.8 Å². The summed E-state index contributed by atoms with van der Waals surface area (Å²) in [6.45, 7) is 2.14. The van der Waals surface area contributed by atoms with Crippen LogP contribution in [0.4, 0.5) is 5.82 Å². The fraction of sp³-hybridized carbons (Fsp3) is 0.538. The van der Waals surface area contributed by atoms with Gasteiger partial charge in [-0.2, -0.15) is 0 Å². The van der Waals surface area contributed by atoms with Crippen LogP contribution in [0.1, 0.15) is 12.8 Å². The number of nitrogens with zero attached hydrogens (tertiary/aromatic N) is 4. The van der Waals surface area contributed by atoms with E-state index in [4.69, 9.17) is 0 Å². The summed E-state index contributed by atoms with van der Waals surface area (Å²) >= 11 is 0. The average Bonchev–Trinajstić information content (AvgIpc) is 2.87. The molecule has 0 unspecified atom stereocenters. The Kier molecular flexibility index (Phi) is 2.91. The van der Waals surface area contributed by atoms with E-state index in [2.05, 4.69) is 44.9 Å². The molecule has 1 N–H and O–H groups in total. The Morgan fingerprint density at radius 1 is 1.28 bits per heavy atom. The first-order valence-electron chi connectivity index (χ1n) is 6.45. The van der Waals surface area contributed by atoms with E-state index in [0.717, 1.165) is 29.9 Å². The van der Waals surface area contributed by atoms with E-state index < -0.39 is 0 Å². The number of nitrogens with one attached hydrogen (secondary N) is 1. The minimum Gasteiger partial charge on any atom is -0.356 e. The van der Waals surface area contributed by atoms with E-state index in [-0.39, 0.29) is 0 Å². The van der Waals surface area contributed by atoms with Crippen LogP contribution in [-0.4, -0.2) is 53.1 Å². The van der Waals surface area contributed by atoms with Gasteiger partial charge in [0.15, 0.2) is 0 Å². The molecule has 2 aromatic rings. The number of aromatic amines is 1. The van der Waals surface area contributed by atoms with Crippen LogP contribution in [0.25, 0.3) is 11.0 Å². The number of anilines is 1. The third kappa shape index (κ3) is 1.95. The van der Waals surface area contributed by atoms with Gasteiger partial charge in [-0.05, 0) is 33.0 Å². The van der Waals surface area contributed by atoms with Crippen LogP contribution >= 0.6 is 0 Å². The van der Waals surface area contributed by atoms with Crippen molar-refractivity contribution in [1.29, 1.82) is 0 Å². The van der Waals surface area contributed by atoms with Crippen molar-refractivity contribution >= 4 is 16.9 Å². The van der Waals surface area contributed by atoms with Crippen molar-refractivity contribution in [3.8, 4) is 0 Å². The molecular formula is C13H19N5. The molecule has 0 radical (unpaired) electrons. The highest BCUT2D eigenvalue weighted by Crippen LogP contribution is 2.25. The predicted octanol–water partition coefficient (Wildman–Crippen LogP) is 1.49. The zero-order valence-corrected chi connectivity index (χ0v) is 10.9. The van der Waals surface area contributed by atoms with E-state index in [1.165, 1.54) is 12.8 Å². The molecule has 1 fully saturated rings. The fourth-order valence-electron chi connectivity index (χ4n) is 2.70. The van der Waals surface area contributed by atoms with Crippen molar-refractivity contribution in [3.05, 3.63) is 18.6 Å². The predicted molar refractivity (Wildman–Crippen MR) is 72.8 cm³/mol. The standard InChI is InChI=1S/C13H19N5/c1-17(2)10-4-7-18(8-5-10)13-11-3-6-14-12(11)15-9-16-13/h3,6,9-10H,4-5,7-8H2,1-2H3,(H,14,15,16). The molecule has 3 rings (SSSR count). The normalized spacial score (nSPS) is 17.8. The van der Waals surface area contributed by atoms with Gasteiger partial charge in [-0.3, -0.25) is 0 Å². The highest BCUT2D eigenvalue weighted by Gasteiger charge is 2.22. The third-order valence-corrected chi connectivity index (χ3v) is 3.83. The SMILES string of the molecule is CN(C)C1CCN(c2ncnc3[nH]ccc23)CC1. The molecule has 5 nitrogen and oxygen atoms in total. The molecule has 0 amide bonds. The summed E-state index contributed by atoms with van der Waals surface area (Å²) in [5, 5.41) is 1.13. The number of H-pyrrole nitrogens is 1. The maximum Gasteiger partial charge on any atom is 0.142 e. The van der Waals surface area contributed by atoms with Crippen molar-refractivity contribution < 1.29 is 0 Å². The summed E-state index contributed by atoms with van der Waals surface area (Å²) in [4.78, 5) is 16.5. The molecular weight excluding hydrogens is 226 g/mol. The van der Waals surface area contributed by atoms with E-state index in [9.17, 15) is 0 Å². The Morgan fingerprint density at radius 2 is 2.06 bits per heavy atom. The van der Waals surface area contributed by atoms with E-state index in [0.29, 0.717) is 6.04 Å². The van der Waals surface area contributed by atoms with Crippen LogP contribution in [0.3, 0.4) is 0 Å². The molecule has 2 aromatic heterocycles. The van der Waals surface area contributed by atoms with Crippen molar-refractivity contribution in [1.82, 2.24) is 19.9 Å². The highest BCUT2D eigenvalue weighted by atomic mass is 15.2. The smallest absolute Gasteiger partial charge is 0.142 e. The molecule has 1 saturated heterocycles. The lowest BCUT2D eigenvalue weighted by atomic mass is 10.0. The third-order valence-electron chi connectivity index (χ3n) is 3.83. The number of aromatic nitrogens is 3. The molecule has 5 heteroatoms. The van der Waals surface area contributed by atoms with Gasteiger partial charge in [0.05, 0.1) is 5.39 Å². The van der Waals surface area contributed by atoms with Gasteiger partial charge in [-0.25, -0.2) is 9.97 Å². The number of hydrogen-bond acceptors (Lipinski definition) is 4. The van der Waals surface area contributed by atoms with E-state index >= 15 is 0 Å². The van der Waals surface area contributed by atoms with Crippen LogP contribution in [0, 0.1) is 0 Å². The summed E-state index contributed by atoms with van der Waals surface area (Å²) in [6.07, 6.45) is 5.97. The Hall–Kier alpha value is -1.62. The fourth-order valence-corrected chi connectivity index (χ4v) is 2.70. The van der Waals surface area contributed by atoms with Crippen LogP contribution in [-0.2, 0) is 0 Å². The van der Waals surface area contributed by atoms with Crippen LogP contribution in [0.15, 0.2) is 18.6 Å². The van der Waals surface area contributed by atoms with Crippen LogP contribution < -0.4 is 4.90 Å². The van der Waals surface area contributed by atoms with Crippen molar-refractivity contribution in [3.63, 3.8) is 0 Å². The quantitative estimate of drug-likeness (QED) is 0.871. The number of rotatable bonds is 2. The molecule has 1 aliphatic rings. The molecule has 0 atom stereocenters. The number of fused-ring (bicyclic) bond motifs is 1. The summed E-state index contributed by atoms with van der Waals surface area (Å²) in [6, 6.07) is 2.76. The lowest BCUT2D eigenvalue weighted by Crippen LogP contribution is -2.42. The highest BCUT2D eigenvalue weighted by molar-refractivity contribution is 5.87. The Balaban J connectivity index is 1.82. The van der Waals surface area contributed by atoms with Gasteiger partial charge in [0.1, 0.15) is 17.8 Å². The van der Waals surface area contributed by atoms with Gasteiger partial charge >= 0.3 is 0 Å². The second kappa shape index (κ2) is 4.57. The van der Waals surface area contributed by atoms with Gasteiger partial charge in [0.2, 0.25) is 0 Å². The minimum atomic E-state index is 0.699. The summed E-state index contributed by atoms with van der Waals surface area (Å²) < 4.78 is 0. The van der Waals surface area contributed by atoms with Gasteiger partial charge in [-0.1, -0.05) is 0 Å². The number of piperidine rings is 1. The summed E-state index contributed by atoms with van der Waals surface area (Å²) in [5.41, 5.74) is 0.926.